The van der Waals surface area contributed by atoms with Crippen molar-refractivity contribution < 1.29 is 4.79 Å². The molecule has 1 aromatic heterocycles. The third-order valence-electron chi connectivity index (χ3n) is 3.29. The van der Waals surface area contributed by atoms with E-state index in [1.165, 1.54) is 0 Å². The van der Waals surface area contributed by atoms with Crippen molar-refractivity contribution in [3.05, 3.63) is 51.3 Å². The molecule has 0 atom stereocenters. The van der Waals surface area contributed by atoms with Crippen LogP contribution in [0.2, 0.25) is 0 Å². The van der Waals surface area contributed by atoms with Crippen molar-refractivity contribution in [2.45, 2.75) is 27.3 Å². The van der Waals surface area contributed by atoms with E-state index >= 15 is 0 Å². The number of amides is 1. The van der Waals surface area contributed by atoms with Gasteiger partial charge in [-0.15, -0.1) is 0 Å². The zero-order valence-corrected chi connectivity index (χ0v) is 13.5. The van der Waals surface area contributed by atoms with Gasteiger partial charge in [0.25, 0.3) is 5.91 Å². The molecular weight excluding hydrogens is 318 g/mol. The highest BCUT2D eigenvalue weighted by Gasteiger charge is 2.10. The summed E-state index contributed by atoms with van der Waals surface area (Å²) in [5.74, 6) is -0.0382. The second-order valence-corrected chi connectivity index (χ2v) is 5.57. The Bertz CT molecular complexity index is 634. The minimum absolute atomic E-state index is 0.0382. The normalized spacial score (nSPS) is 10.6. The Hall–Kier alpha value is -1.62. The summed E-state index contributed by atoms with van der Waals surface area (Å²) in [6.07, 6.45) is 0. The molecule has 0 aliphatic heterocycles. The van der Waals surface area contributed by atoms with Gasteiger partial charge in [0.05, 0.1) is 16.7 Å². The SMILES string of the molecule is Cc1ccccc1C(=O)NCCn1nc(C)c(Br)c1C. The number of rotatable bonds is 4. The number of carbonyl (C=O) groups is 1. The van der Waals surface area contributed by atoms with Crippen LogP contribution in [-0.2, 0) is 6.54 Å². The number of aryl methyl sites for hydroxylation is 2. The van der Waals surface area contributed by atoms with E-state index in [0.717, 1.165) is 27.0 Å². The Kier molecular flexibility index (Phi) is 4.60. The lowest BCUT2D eigenvalue weighted by atomic mass is 10.1. The smallest absolute Gasteiger partial charge is 0.251 e. The molecule has 0 aliphatic carbocycles. The third kappa shape index (κ3) is 3.10. The molecule has 1 N–H and O–H groups in total. The molecule has 0 spiro atoms. The van der Waals surface area contributed by atoms with E-state index in [2.05, 4.69) is 26.3 Å². The third-order valence-corrected chi connectivity index (χ3v) is 4.44. The minimum atomic E-state index is -0.0382. The van der Waals surface area contributed by atoms with Crippen LogP contribution in [0.1, 0.15) is 27.3 Å². The zero-order chi connectivity index (χ0) is 14.7. The van der Waals surface area contributed by atoms with Gasteiger partial charge in [0.1, 0.15) is 0 Å². The van der Waals surface area contributed by atoms with Crippen molar-refractivity contribution in [3.8, 4) is 0 Å². The number of carbonyl (C=O) groups excluding carboxylic acids is 1. The van der Waals surface area contributed by atoms with E-state index in [1.54, 1.807) is 0 Å². The van der Waals surface area contributed by atoms with Gasteiger partial charge in [-0.1, -0.05) is 18.2 Å². The topological polar surface area (TPSA) is 46.9 Å². The van der Waals surface area contributed by atoms with Gasteiger partial charge in [0.2, 0.25) is 0 Å². The first-order valence-electron chi connectivity index (χ1n) is 6.54. The number of nitrogens with zero attached hydrogens (tertiary/aromatic N) is 2. The molecular formula is C15H18BrN3O. The quantitative estimate of drug-likeness (QED) is 0.933. The second-order valence-electron chi connectivity index (χ2n) is 4.78. The highest BCUT2D eigenvalue weighted by molar-refractivity contribution is 9.10. The largest absolute Gasteiger partial charge is 0.350 e. The Balaban J connectivity index is 1.95. The number of aromatic nitrogens is 2. The summed E-state index contributed by atoms with van der Waals surface area (Å²) < 4.78 is 2.93. The van der Waals surface area contributed by atoms with Crippen molar-refractivity contribution in [2.24, 2.45) is 0 Å². The number of benzene rings is 1. The monoisotopic (exact) mass is 335 g/mol. The standard InChI is InChI=1S/C15H18BrN3O/c1-10-6-4-5-7-13(10)15(20)17-8-9-19-12(3)14(16)11(2)18-19/h4-7H,8-9H2,1-3H3,(H,17,20). The first-order valence-corrected chi connectivity index (χ1v) is 7.33. The molecule has 1 amide bonds. The minimum Gasteiger partial charge on any atom is -0.350 e. The van der Waals surface area contributed by atoms with Crippen LogP contribution >= 0.6 is 15.9 Å². The highest BCUT2D eigenvalue weighted by Crippen LogP contribution is 2.19. The molecule has 0 saturated heterocycles. The van der Waals surface area contributed by atoms with Crippen molar-refractivity contribution >= 4 is 21.8 Å². The van der Waals surface area contributed by atoms with Crippen molar-refractivity contribution in [1.29, 1.82) is 0 Å². The van der Waals surface area contributed by atoms with Crippen LogP contribution in [-0.4, -0.2) is 22.2 Å². The molecule has 0 saturated carbocycles. The van der Waals surface area contributed by atoms with Crippen molar-refractivity contribution in [1.82, 2.24) is 15.1 Å². The maximum atomic E-state index is 12.1. The number of hydrogen-bond donors (Lipinski definition) is 1. The molecule has 1 aromatic carbocycles. The van der Waals surface area contributed by atoms with Crippen LogP contribution in [0.3, 0.4) is 0 Å². The van der Waals surface area contributed by atoms with E-state index in [4.69, 9.17) is 0 Å². The fourth-order valence-corrected chi connectivity index (χ4v) is 2.37. The van der Waals surface area contributed by atoms with Gasteiger partial charge in [-0.25, -0.2) is 0 Å². The van der Waals surface area contributed by atoms with Gasteiger partial charge in [-0.05, 0) is 48.3 Å². The molecule has 0 fully saturated rings. The molecule has 0 unspecified atom stereocenters. The van der Waals surface area contributed by atoms with Crippen LogP contribution in [0.4, 0.5) is 0 Å². The van der Waals surface area contributed by atoms with E-state index < -0.39 is 0 Å². The van der Waals surface area contributed by atoms with Crippen LogP contribution in [0.15, 0.2) is 28.7 Å². The maximum Gasteiger partial charge on any atom is 0.251 e. The summed E-state index contributed by atoms with van der Waals surface area (Å²) in [5, 5.41) is 7.34. The Morgan fingerprint density at radius 3 is 2.60 bits per heavy atom. The van der Waals surface area contributed by atoms with Gasteiger partial charge in [0, 0.05) is 17.8 Å². The van der Waals surface area contributed by atoms with E-state index in [9.17, 15) is 4.79 Å². The van der Waals surface area contributed by atoms with Gasteiger partial charge in [-0.3, -0.25) is 9.48 Å². The average Bonchev–Trinajstić information content (AvgIpc) is 2.67. The molecule has 0 radical (unpaired) electrons. The van der Waals surface area contributed by atoms with Crippen molar-refractivity contribution in [3.63, 3.8) is 0 Å². The highest BCUT2D eigenvalue weighted by atomic mass is 79.9. The second kappa shape index (κ2) is 6.22. The lowest BCUT2D eigenvalue weighted by Crippen LogP contribution is -2.28. The number of halogens is 1. The predicted molar refractivity (Wildman–Crippen MR) is 82.9 cm³/mol. The van der Waals surface area contributed by atoms with E-state index in [1.807, 2.05) is 49.7 Å². The van der Waals surface area contributed by atoms with E-state index in [0.29, 0.717) is 13.1 Å². The molecule has 0 bridgehead atoms. The number of hydrogen-bond acceptors (Lipinski definition) is 2. The van der Waals surface area contributed by atoms with Crippen LogP contribution in [0.5, 0.6) is 0 Å². The van der Waals surface area contributed by atoms with Gasteiger partial charge >= 0.3 is 0 Å². The molecule has 1 heterocycles. The first kappa shape index (κ1) is 14.8. The van der Waals surface area contributed by atoms with Crippen molar-refractivity contribution in [2.75, 3.05) is 6.54 Å². The van der Waals surface area contributed by atoms with Crippen LogP contribution < -0.4 is 5.32 Å². The fraction of sp³-hybridized carbons (Fsp3) is 0.333. The Morgan fingerprint density at radius 1 is 1.30 bits per heavy atom. The summed E-state index contributed by atoms with van der Waals surface area (Å²) in [6, 6.07) is 7.58. The predicted octanol–water partition coefficient (Wildman–Crippen LogP) is 3.00. The lowest BCUT2D eigenvalue weighted by molar-refractivity contribution is 0.0951. The fourth-order valence-electron chi connectivity index (χ4n) is 2.09. The molecule has 20 heavy (non-hydrogen) atoms. The van der Waals surface area contributed by atoms with Gasteiger partial charge < -0.3 is 5.32 Å². The zero-order valence-electron chi connectivity index (χ0n) is 11.9. The molecule has 5 heteroatoms. The number of nitrogens with one attached hydrogen (secondary N) is 1. The lowest BCUT2D eigenvalue weighted by Gasteiger charge is -2.08. The van der Waals surface area contributed by atoms with Crippen LogP contribution in [0, 0.1) is 20.8 Å². The molecule has 0 aliphatic rings. The maximum absolute atomic E-state index is 12.1. The molecule has 4 nitrogen and oxygen atoms in total. The average molecular weight is 336 g/mol. The molecule has 106 valence electrons. The Labute approximate surface area is 127 Å². The Morgan fingerprint density at radius 2 is 2.00 bits per heavy atom. The van der Waals surface area contributed by atoms with E-state index in [-0.39, 0.29) is 5.91 Å². The van der Waals surface area contributed by atoms with Crippen LogP contribution in [0.25, 0.3) is 0 Å². The summed E-state index contributed by atoms with van der Waals surface area (Å²) in [4.78, 5) is 12.1. The van der Waals surface area contributed by atoms with Gasteiger partial charge in [0.15, 0.2) is 0 Å². The summed E-state index contributed by atoms with van der Waals surface area (Å²) in [7, 11) is 0. The summed E-state index contributed by atoms with van der Waals surface area (Å²) in [5.41, 5.74) is 3.75. The summed E-state index contributed by atoms with van der Waals surface area (Å²) >= 11 is 3.50. The molecule has 2 aromatic rings. The first-order chi connectivity index (χ1) is 9.50. The molecule has 2 rings (SSSR count). The summed E-state index contributed by atoms with van der Waals surface area (Å²) in [6.45, 7) is 7.12. The van der Waals surface area contributed by atoms with Gasteiger partial charge in [-0.2, -0.15) is 5.10 Å².